The molecule has 0 aliphatic carbocycles. The van der Waals surface area contributed by atoms with E-state index in [0.29, 0.717) is 0 Å². The van der Waals surface area contributed by atoms with Gasteiger partial charge in [0, 0.05) is 7.05 Å². The predicted octanol–water partition coefficient (Wildman–Crippen LogP) is 1.48. The van der Waals surface area contributed by atoms with E-state index < -0.39 is 6.61 Å². The van der Waals surface area contributed by atoms with Crippen LogP contribution in [0.25, 0.3) is 0 Å². The van der Waals surface area contributed by atoms with E-state index in [1.54, 1.807) is 0 Å². The molecule has 0 aliphatic heterocycles. The topological polar surface area (TPSA) is 27.1 Å². The zero-order valence-electron chi connectivity index (χ0n) is 5.51. The molecular formula is C5H4ClF2N2O. The zero-order valence-corrected chi connectivity index (χ0v) is 6.27. The van der Waals surface area contributed by atoms with E-state index in [9.17, 15) is 8.78 Å². The largest absolute Gasteiger partial charge is 0.416 e. The Morgan fingerprint density at radius 3 is 2.73 bits per heavy atom. The predicted molar refractivity (Wildman–Crippen MR) is 33.7 cm³/mol. The van der Waals surface area contributed by atoms with Gasteiger partial charge in [0.1, 0.15) is 11.2 Å². The van der Waals surface area contributed by atoms with Crippen LogP contribution in [0.3, 0.4) is 0 Å². The van der Waals surface area contributed by atoms with Gasteiger partial charge in [0.2, 0.25) is 5.88 Å². The van der Waals surface area contributed by atoms with Crippen LogP contribution < -0.4 is 4.74 Å². The van der Waals surface area contributed by atoms with Crippen LogP contribution in [-0.2, 0) is 7.05 Å². The second-order valence-electron chi connectivity index (χ2n) is 1.73. The minimum absolute atomic E-state index is 0.0483. The number of rotatable bonds is 2. The van der Waals surface area contributed by atoms with Crippen molar-refractivity contribution in [3.05, 3.63) is 11.2 Å². The molecule has 0 unspecified atom stereocenters. The molecule has 6 heteroatoms. The number of aromatic nitrogens is 2. The highest BCUT2D eigenvalue weighted by Crippen LogP contribution is 2.23. The van der Waals surface area contributed by atoms with Gasteiger partial charge in [0.25, 0.3) is 0 Å². The lowest BCUT2D eigenvalue weighted by molar-refractivity contribution is -0.0552. The molecule has 0 N–H and O–H groups in total. The molecule has 1 aromatic heterocycles. The molecule has 1 aromatic rings. The standard InChI is InChI=1S/C5H4ClF2N2O/c1-10-4(11-5(7)8)3(6)2-9-10/h5H,1H3. The zero-order chi connectivity index (χ0) is 8.43. The van der Waals surface area contributed by atoms with Crippen LogP contribution in [0, 0.1) is 6.20 Å². The van der Waals surface area contributed by atoms with Crippen LogP contribution in [-0.4, -0.2) is 16.4 Å². The van der Waals surface area contributed by atoms with E-state index in [0.717, 1.165) is 4.68 Å². The fourth-order valence-electron chi connectivity index (χ4n) is 0.567. The van der Waals surface area contributed by atoms with Gasteiger partial charge in [-0.2, -0.15) is 13.9 Å². The SMILES string of the molecule is Cn1n[c]c(Cl)c1OC(F)F. The summed E-state index contributed by atoms with van der Waals surface area (Å²) in [7, 11) is 1.43. The van der Waals surface area contributed by atoms with E-state index in [4.69, 9.17) is 11.6 Å². The first kappa shape index (κ1) is 8.26. The van der Waals surface area contributed by atoms with Crippen molar-refractivity contribution in [2.75, 3.05) is 0 Å². The van der Waals surface area contributed by atoms with Crippen LogP contribution in [0.15, 0.2) is 0 Å². The molecule has 11 heavy (non-hydrogen) atoms. The summed E-state index contributed by atoms with van der Waals surface area (Å²) in [6.45, 7) is -2.89. The number of aryl methyl sites for hydroxylation is 1. The Hall–Kier alpha value is -0.840. The van der Waals surface area contributed by atoms with Crippen molar-refractivity contribution < 1.29 is 13.5 Å². The molecule has 1 rings (SSSR count). The van der Waals surface area contributed by atoms with Crippen molar-refractivity contribution in [2.24, 2.45) is 7.05 Å². The molecule has 0 aliphatic rings. The lowest BCUT2D eigenvalue weighted by Gasteiger charge is -2.03. The molecule has 0 aromatic carbocycles. The van der Waals surface area contributed by atoms with E-state index in [2.05, 4.69) is 16.0 Å². The summed E-state index contributed by atoms with van der Waals surface area (Å²) in [5.41, 5.74) is 0. The van der Waals surface area contributed by atoms with Gasteiger partial charge in [0.05, 0.1) is 0 Å². The molecule has 0 amide bonds. The normalized spacial score (nSPS) is 10.6. The Kier molecular flexibility index (Phi) is 2.28. The monoisotopic (exact) mass is 181 g/mol. The first-order valence-electron chi connectivity index (χ1n) is 2.66. The number of nitrogens with zero attached hydrogens (tertiary/aromatic N) is 2. The Morgan fingerprint density at radius 2 is 2.36 bits per heavy atom. The molecule has 0 atom stereocenters. The third-order valence-corrected chi connectivity index (χ3v) is 1.23. The Labute approximate surface area is 66.5 Å². The molecule has 0 spiro atoms. The van der Waals surface area contributed by atoms with Crippen LogP contribution in [0.5, 0.6) is 5.88 Å². The van der Waals surface area contributed by atoms with Gasteiger partial charge >= 0.3 is 6.61 Å². The molecule has 0 fully saturated rings. The van der Waals surface area contributed by atoms with Crippen molar-refractivity contribution >= 4 is 11.6 Å². The Balaban J connectivity index is 2.83. The maximum Gasteiger partial charge on any atom is 0.388 e. The van der Waals surface area contributed by atoms with E-state index in [-0.39, 0.29) is 10.9 Å². The average molecular weight is 182 g/mol. The second-order valence-corrected chi connectivity index (χ2v) is 2.11. The number of hydrogen-bond acceptors (Lipinski definition) is 2. The van der Waals surface area contributed by atoms with E-state index >= 15 is 0 Å². The first-order valence-corrected chi connectivity index (χ1v) is 3.04. The molecule has 3 nitrogen and oxygen atoms in total. The molecule has 1 radical (unpaired) electrons. The molecule has 1 heterocycles. The highest BCUT2D eigenvalue weighted by molar-refractivity contribution is 6.31. The number of ether oxygens (including phenoxy) is 1. The minimum atomic E-state index is -2.89. The highest BCUT2D eigenvalue weighted by atomic mass is 35.5. The summed E-state index contributed by atoms with van der Waals surface area (Å²) < 4.78 is 28.3. The molecule has 61 valence electrons. The maximum atomic E-state index is 11.6. The van der Waals surface area contributed by atoms with Gasteiger partial charge in [-0.15, -0.1) is 0 Å². The van der Waals surface area contributed by atoms with Crippen LogP contribution in [0.4, 0.5) is 8.78 Å². The van der Waals surface area contributed by atoms with Gasteiger partial charge in [0.15, 0.2) is 0 Å². The molecular weight excluding hydrogens is 178 g/mol. The quantitative estimate of drug-likeness (QED) is 0.691. The summed E-state index contributed by atoms with van der Waals surface area (Å²) in [4.78, 5) is 0. The third kappa shape index (κ3) is 1.80. The summed E-state index contributed by atoms with van der Waals surface area (Å²) in [6.07, 6.45) is 2.26. The van der Waals surface area contributed by atoms with Gasteiger partial charge in [-0.1, -0.05) is 11.6 Å². The smallest absolute Gasteiger partial charge is 0.388 e. The molecule has 0 saturated heterocycles. The van der Waals surface area contributed by atoms with Gasteiger partial charge in [-0.3, -0.25) is 0 Å². The first-order chi connectivity index (χ1) is 5.11. The minimum Gasteiger partial charge on any atom is -0.416 e. The Morgan fingerprint density at radius 1 is 1.73 bits per heavy atom. The van der Waals surface area contributed by atoms with Crippen molar-refractivity contribution in [1.29, 1.82) is 0 Å². The van der Waals surface area contributed by atoms with Crippen molar-refractivity contribution in [1.82, 2.24) is 9.78 Å². The Bertz CT molecular complexity index is 231. The lowest BCUT2D eigenvalue weighted by Crippen LogP contribution is -2.06. The van der Waals surface area contributed by atoms with Crippen LogP contribution in [0.1, 0.15) is 0 Å². The second kappa shape index (κ2) is 3.04. The van der Waals surface area contributed by atoms with E-state index in [1.807, 2.05) is 0 Å². The highest BCUT2D eigenvalue weighted by Gasteiger charge is 2.12. The fraction of sp³-hybridized carbons (Fsp3) is 0.400. The summed E-state index contributed by atoms with van der Waals surface area (Å²) in [5, 5.41) is 3.42. The summed E-state index contributed by atoms with van der Waals surface area (Å²) in [5.74, 6) is -0.179. The van der Waals surface area contributed by atoms with Gasteiger partial charge in [-0.25, -0.2) is 4.68 Å². The van der Waals surface area contributed by atoms with Gasteiger partial charge in [-0.05, 0) is 0 Å². The number of halogens is 3. The summed E-state index contributed by atoms with van der Waals surface area (Å²) in [6, 6.07) is 0. The van der Waals surface area contributed by atoms with Crippen molar-refractivity contribution in [2.45, 2.75) is 6.61 Å². The van der Waals surface area contributed by atoms with Gasteiger partial charge < -0.3 is 4.74 Å². The number of hydrogen-bond donors (Lipinski definition) is 0. The average Bonchev–Trinajstić information content (AvgIpc) is 2.18. The third-order valence-electron chi connectivity index (χ3n) is 0.981. The maximum absolute atomic E-state index is 11.6. The molecule has 0 saturated carbocycles. The van der Waals surface area contributed by atoms with Crippen molar-refractivity contribution in [3.8, 4) is 5.88 Å². The lowest BCUT2D eigenvalue weighted by atomic mass is 10.7. The summed E-state index contributed by atoms with van der Waals surface area (Å²) >= 11 is 5.39. The molecule has 0 bridgehead atoms. The van der Waals surface area contributed by atoms with Crippen LogP contribution >= 0.6 is 11.6 Å². The fourth-order valence-corrected chi connectivity index (χ4v) is 0.771. The van der Waals surface area contributed by atoms with Crippen LogP contribution in [0.2, 0.25) is 5.02 Å². The number of alkyl halides is 2. The van der Waals surface area contributed by atoms with E-state index in [1.165, 1.54) is 7.05 Å². The van der Waals surface area contributed by atoms with Crippen molar-refractivity contribution in [3.63, 3.8) is 0 Å².